The molecule has 1 atom stereocenters. The summed E-state index contributed by atoms with van der Waals surface area (Å²) >= 11 is 0. The minimum Gasteiger partial charge on any atom is -0.322 e. The summed E-state index contributed by atoms with van der Waals surface area (Å²) in [7, 11) is 0. The molecule has 0 aliphatic rings. The first-order chi connectivity index (χ1) is 6.50. The maximum absolute atomic E-state index is 13.2. The van der Waals surface area contributed by atoms with E-state index in [0.29, 0.717) is 0 Å². The maximum atomic E-state index is 13.2. The van der Waals surface area contributed by atoms with Gasteiger partial charge in [0.05, 0.1) is 11.7 Å². The number of carbonyl (C=O) groups is 1. The van der Waals surface area contributed by atoms with Crippen LogP contribution in [0.1, 0.15) is 12.5 Å². The predicted octanol–water partition coefficient (Wildman–Crippen LogP) is 1.42. The Morgan fingerprint density at radius 1 is 1.57 bits per heavy atom. The molecule has 3 N–H and O–H groups in total. The Hall–Kier alpha value is -1.42. The van der Waals surface area contributed by atoms with Gasteiger partial charge in [0.25, 0.3) is 0 Å². The van der Waals surface area contributed by atoms with Gasteiger partial charge in [0.1, 0.15) is 5.82 Å². The fourth-order valence-electron chi connectivity index (χ4n) is 0.968. The van der Waals surface area contributed by atoms with Crippen LogP contribution in [0.3, 0.4) is 0 Å². The molecule has 0 aliphatic carbocycles. The predicted molar refractivity (Wildman–Crippen MR) is 53.4 cm³/mol. The zero-order valence-electron chi connectivity index (χ0n) is 8.17. The number of hydrogen-bond acceptors (Lipinski definition) is 2. The first kappa shape index (κ1) is 10.7. The van der Waals surface area contributed by atoms with E-state index >= 15 is 0 Å². The lowest BCUT2D eigenvalue weighted by molar-refractivity contribution is -0.117. The molecule has 0 saturated heterocycles. The van der Waals surface area contributed by atoms with Gasteiger partial charge in [-0.3, -0.25) is 4.79 Å². The number of amides is 1. The highest BCUT2D eigenvalue weighted by Gasteiger charge is 2.10. The van der Waals surface area contributed by atoms with Gasteiger partial charge in [-0.15, -0.1) is 0 Å². The number of aryl methyl sites for hydroxylation is 1. The summed E-state index contributed by atoms with van der Waals surface area (Å²) in [5.74, 6) is -0.841. The lowest BCUT2D eigenvalue weighted by Gasteiger charge is -2.08. The van der Waals surface area contributed by atoms with E-state index in [1.54, 1.807) is 19.9 Å². The summed E-state index contributed by atoms with van der Waals surface area (Å²) in [6, 6.07) is 3.96. The van der Waals surface area contributed by atoms with Crippen molar-refractivity contribution in [1.29, 1.82) is 0 Å². The third-order valence-corrected chi connectivity index (χ3v) is 1.80. The minimum atomic E-state index is -0.643. The second-order valence-corrected chi connectivity index (χ2v) is 3.26. The van der Waals surface area contributed by atoms with Crippen LogP contribution in [0.25, 0.3) is 0 Å². The van der Waals surface area contributed by atoms with Crippen LogP contribution in [0.15, 0.2) is 18.2 Å². The number of hydrogen-bond donors (Lipinski definition) is 2. The monoisotopic (exact) mass is 196 g/mol. The van der Waals surface area contributed by atoms with E-state index in [9.17, 15) is 9.18 Å². The molecule has 1 aromatic rings. The first-order valence-corrected chi connectivity index (χ1v) is 4.33. The molecule has 14 heavy (non-hydrogen) atoms. The highest BCUT2D eigenvalue weighted by Crippen LogP contribution is 2.15. The van der Waals surface area contributed by atoms with E-state index in [-0.39, 0.29) is 5.69 Å². The number of carbonyl (C=O) groups excluding carboxylic acids is 1. The van der Waals surface area contributed by atoms with Crippen LogP contribution in [0.2, 0.25) is 0 Å². The standard InChI is InChI=1S/C10H13FN2O/c1-6-3-4-9(8(11)5-6)13-10(14)7(2)12/h3-5,7H,12H2,1-2H3,(H,13,14)/t7-/m0/s1. The Kier molecular flexibility index (Phi) is 3.19. The van der Waals surface area contributed by atoms with Gasteiger partial charge in [0, 0.05) is 0 Å². The van der Waals surface area contributed by atoms with E-state index in [1.807, 2.05) is 0 Å². The van der Waals surface area contributed by atoms with Crippen LogP contribution in [0, 0.1) is 12.7 Å². The summed E-state index contributed by atoms with van der Waals surface area (Å²) in [5.41, 5.74) is 6.30. The molecule has 1 amide bonds. The van der Waals surface area contributed by atoms with Crippen molar-refractivity contribution in [1.82, 2.24) is 0 Å². The van der Waals surface area contributed by atoms with Crippen molar-refractivity contribution in [2.75, 3.05) is 5.32 Å². The summed E-state index contributed by atoms with van der Waals surface area (Å²) in [4.78, 5) is 11.1. The number of anilines is 1. The highest BCUT2D eigenvalue weighted by molar-refractivity contribution is 5.94. The number of benzene rings is 1. The molecule has 1 aromatic carbocycles. The molecule has 0 aromatic heterocycles. The van der Waals surface area contributed by atoms with Crippen LogP contribution in [-0.2, 0) is 4.79 Å². The topological polar surface area (TPSA) is 55.1 Å². The third-order valence-electron chi connectivity index (χ3n) is 1.80. The number of rotatable bonds is 2. The fraction of sp³-hybridized carbons (Fsp3) is 0.300. The van der Waals surface area contributed by atoms with E-state index in [0.717, 1.165) is 5.56 Å². The van der Waals surface area contributed by atoms with Crippen molar-refractivity contribution in [2.45, 2.75) is 19.9 Å². The van der Waals surface area contributed by atoms with Crippen molar-refractivity contribution < 1.29 is 9.18 Å². The molecular weight excluding hydrogens is 183 g/mol. The van der Waals surface area contributed by atoms with Gasteiger partial charge >= 0.3 is 0 Å². The number of nitrogens with one attached hydrogen (secondary N) is 1. The fourth-order valence-corrected chi connectivity index (χ4v) is 0.968. The summed E-state index contributed by atoms with van der Waals surface area (Å²) in [5, 5.41) is 2.40. The Morgan fingerprint density at radius 2 is 2.21 bits per heavy atom. The van der Waals surface area contributed by atoms with Gasteiger partial charge in [-0.05, 0) is 31.5 Å². The molecule has 0 fully saturated rings. The SMILES string of the molecule is Cc1ccc(NC(=O)[C@H](C)N)c(F)c1. The van der Waals surface area contributed by atoms with Crippen molar-refractivity contribution in [2.24, 2.45) is 5.73 Å². The lowest BCUT2D eigenvalue weighted by atomic mass is 10.2. The Morgan fingerprint density at radius 3 is 2.71 bits per heavy atom. The average Bonchev–Trinajstić information content (AvgIpc) is 2.09. The van der Waals surface area contributed by atoms with Crippen LogP contribution in [-0.4, -0.2) is 11.9 Å². The third kappa shape index (κ3) is 2.53. The molecule has 0 bridgehead atoms. The molecule has 0 heterocycles. The molecule has 0 spiro atoms. The van der Waals surface area contributed by atoms with Gasteiger partial charge in [-0.25, -0.2) is 4.39 Å². The second-order valence-electron chi connectivity index (χ2n) is 3.26. The highest BCUT2D eigenvalue weighted by atomic mass is 19.1. The smallest absolute Gasteiger partial charge is 0.241 e. The quantitative estimate of drug-likeness (QED) is 0.751. The average molecular weight is 196 g/mol. The maximum Gasteiger partial charge on any atom is 0.241 e. The largest absolute Gasteiger partial charge is 0.322 e. The van der Waals surface area contributed by atoms with E-state index in [4.69, 9.17) is 5.73 Å². The molecule has 0 aliphatic heterocycles. The Labute approximate surface area is 82.1 Å². The van der Waals surface area contributed by atoms with Crippen molar-refractivity contribution >= 4 is 11.6 Å². The molecule has 0 unspecified atom stereocenters. The molecule has 0 saturated carbocycles. The van der Waals surface area contributed by atoms with E-state index in [1.165, 1.54) is 12.1 Å². The number of halogens is 1. The van der Waals surface area contributed by atoms with Crippen LogP contribution in [0.4, 0.5) is 10.1 Å². The van der Waals surface area contributed by atoms with Gasteiger partial charge < -0.3 is 11.1 Å². The van der Waals surface area contributed by atoms with E-state index in [2.05, 4.69) is 5.32 Å². The van der Waals surface area contributed by atoms with Crippen LogP contribution < -0.4 is 11.1 Å². The number of nitrogens with two attached hydrogens (primary N) is 1. The van der Waals surface area contributed by atoms with Crippen LogP contribution >= 0.6 is 0 Å². The summed E-state index contributed by atoms with van der Waals surface area (Å²) < 4.78 is 13.2. The second kappa shape index (κ2) is 4.19. The summed E-state index contributed by atoms with van der Waals surface area (Å²) in [6.07, 6.45) is 0. The van der Waals surface area contributed by atoms with Gasteiger partial charge in [0.2, 0.25) is 5.91 Å². The normalized spacial score (nSPS) is 12.3. The zero-order valence-corrected chi connectivity index (χ0v) is 8.17. The molecule has 3 nitrogen and oxygen atoms in total. The summed E-state index contributed by atoms with van der Waals surface area (Å²) in [6.45, 7) is 3.32. The van der Waals surface area contributed by atoms with Gasteiger partial charge in [-0.1, -0.05) is 6.07 Å². The zero-order chi connectivity index (χ0) is 10.7. The lowest BCUT2D eigenvalue weighted by Crippen LogP contribution is -2.32. The van der Waals surface area contributed by atoms with E-state index < -0.39 is 17.8 Å². The van der Waals surface area contributed by atoms with Crippen molar-refractivity contribution in [3.63, 3.8) is 0 Å². The van der Waals surface area contributed by atoms with Crippen LogP contribution in [0.5, 0.6) is 0 Å². The molecular formula is C10H13FN2O. The van der Waals surface area contributed by atoms with Crippen molar-refractivity contribution in [3.05, 3.63) is 29.6 Å². The van der Waals surface area contributed by atoms with Crippen molar-refractivity contribution in [3.8, 4) is 0 Å². The first-order valence-electron chi connectivity index (χ1n) is 4.33. The Balaban J connectivity index is 2.82. The molecule has 1 rings (SSSR count). The molecule has 76 valence electrons. The molecule has 4 heteroatoms. The van der Waals surface area contributed by atoms with Gasteiger partial charge in [-0.2, -0.15) is 0 Å². The minimum absolute atomic E-state index is 0.165. The van der Waals surface area contributed by atoms with Gasteiger partial charge in [0.15, 0.2) is 0 Å². The molecule has 0 radical (unpaired) electrons. The Bertz CT molecular complexity index is 350.